The van der Waals surface area contributed by atoms with Crippen molar-refractivity contribution in [3.8, 4) is 0 Å². The van der Waals surface area contributed by atoms with Gasteiger partial charge in [-0.15, -0.1) is 0 Å². The molecular weight excluding hydrogens is 484 g/mol. The van der Waals surface area contributed by atoms with Crippen LogP contribution in [0.1, 0.15) is 55.9 Å². The molecule has 0 saturated heterocycles. The molecule has 3 aromatic carbocycles. The monoisotopic (exact) mass is 506 g/mol. The van der Waals surface area contributed by atoms with Gasteiger partial charge in [0.25, 0.3) is 5.91 Å². The maximum absolute atomic E-state index is 13.1. The summed E-state index contributed by atoms with van der Waals surface area (Å²) >= 11 is 0. The molecule has 0 aromatic heterocycles. The third kappa shape index (κ3) is 6.34. The number of fused-ring (bicyclic) bond motifs is 1. The molecule has 5 nitrogen and oxygen atoms in total. The van der Waals surface area contributed by atoms with E-state index in [1.165, 1.54) is 24.3 Å². The zero-order valence-electron chi connectivity index (χ0n) is 19.4. The molecule has 3 aromatic rings. The number of carbonyl (C=O) groups excluding carboxylic acids is 2. The molecule has 0 saturated carbocycles. The second-order valence-corrected chi connectivity index (χ2v) is 8.28. The van der Waals surface area contributed by atoms with Crippen molar-refractivity contribution in [2.45, 2.75) is 32.1 Å². The summed E-state index contributed by atoms with van der Waals surface area (Å²) in [5.41, 5.74) is 3.09. The molecule has 0 spiro atoms. The van der Waals surface area contributed by atoms with E-state index in [4.69, 9.17) is 0 Å². The average Bonchev–Trinajstić information content (AvgIpc) is 3.21. The van der Waals surface area contributed by atoms with Crippen LogP contribution in [0.2, 0.25) is 0 Å². The fourth-order valence-electron chi connectivity index (χ4n) is 4.16. The number of halogens is 3. The first-order valence-electron chi connectivity index (χ1n) is 10.8. The number of nitrogens with one attached hydrogen (secondary N) is 1. The fourth-order valence-corrected chi connectivity index (χ4v) is 4.16. The Labute approximate surface area is 243 Å². The molecule has 1 N–H and O–H groups in total. The Morgan fingerprint density at radius 1 is 1.03 bits per heavy atom. The number of para-hydroxylation sites is 1. The molecule has 1 aliphatic heterocycles. The van der Waals surface area contributed by atoms with Gasteiger partial charge in [-0.05, 0) is 53.8 Å². The van der Waals surface area contributed by atoms with Gasteiger partial charge < -0.3 is 20.1 Å². The number of rotatable bonds is 6. The number of carboxylic acids is 1. The van der Waals surface area contributed by atoms with E-state index in [1.807, 2.05) is 17.0 Å². The Balaban J connectivity index is 0.00000342. The number of hydrogen-bond acceptors (Lipinski definition) is 4. The van der Waals surface area contributed by atoms with Gasteiger partial charge in [-0.2, -0.15) is 13.2 Å². The number of benzene rings is 3. The van der Waals surface area contributed by atoms with E-state index in [9.17, 15) is 27.9 Å². The minimum absolute atomic E-state index is 0. The van der Waals surface area contributed by atoms with E-state index in [-0.39, 0.29) is 68.9 Å². The van der Waals surface area contributed by atoms with Gasteiger partial charge in [0.05, 0.1) is 28.8 Å². The topological polar surface area (TPSA) is 72.5 Å². The summed E-state index contributed by atoms with van der Waals surface area (Å²) in [6, 6.07) is 16.3. The quantitative estimate of drug-likeness (QED) is 0.509. The van der Waals surface area contributed by atoms with Crippen LogP contribution in [0.4, 0.5) is 18.9 Å². The predicted molar refractivity (Wildman–Crippen MR) is 119 cm³/mol. The van der Waals surface area contributed by atoms with Gasteiger partial charge in [0.2, 0.25) is 0 Å². The number of carboxylic acid groups (broad SMARTS) is 1. The number of nitrogens with zero attached hydrogens (tertiary/aromatic N) is 1. The summed E-state index contributed by atoms with van der Waals surface area (Å²) in [5.74, 6) is -1.55. The van der Waals surface area contributed by atoms with Crippen LogP contribution in [-0.2, 0) is 19.1 Å². The van der Waals surface area contributed by atoms with Gasteiger partial charge >= 0.3 is 57.6 Å². The summed E-state index contributed by atoms with van der Waals surface area (Å²) in [6.07, 6.45) is -3.65. The number of anilines is 1. The minimum atomic E-state index is -4.38. The fraction of sp³-hybridized carbons (Fsp3) is 0.231. The van der Waals surface area contributed by atoms with E-state index >= 15 is 0 Å². The first-order valence-corrected chi connectivity index (χ1v) is 10.8. The first kappa shape index (κ1) is 27.4. The van der Waals surface area contributed by atoms with E-state index < -0.39 is 17.7 Å². The van der Waals surface area contributed by atoms with Crippen molar-refractivity contribution in [1.29, 1.82) is 0 Å². The third-order valence-corrected chi connectivity index (χ3v) is 5.98. The Morgan fingerprint density at radius 3 is 2.29 bits per heavy atom. The number of hydrogen-bond donors (Lipinski definition) is 1. The van der Waals surface area contributed by atoms with Crippen molar-refractivity contribution in [1.82, 2.24) is 5.32 Å². The molecule has 1 atom stereocenters. The first-order chi connectivity index (χ1) is 16.1. The van der Waals surface area contributed by atoms with E-state index in [1.54, 1.807) is 25.1 Å². The van der Waals surface area contributed by atoms with Crippen LogP contribution in [0.3, 0.4) is 0 Å². The summed E-state index contributed by atoms with van der Waals surface area (Å²) < 4.78 is 38.6. The van der Waals surface area contributed by atoms with Crippen LogP contribution in [0.25, 0.3) is 0 Å². The molecule has 4 rings (SSSR count). The van der Waals surface area contributed by atoms with E-state index in [0.717, 1.165) is 40.9 Å². The smallest absolute Gasteiger partial charge is 0.545 e. The molecule has 0 unspecified atom stereocenters. The van der Waals surface area contributed by atoms with Gasteiger partial charge in [0, 0.05) is 13.1 Å². The number of aromatic carboxylic acids is 1. The van der Waals surface area contributed by atoms with Crippen molar-refractivity contribution >= 4 is 17.6 Å². The van der Waals surface area contributed by atoms with Crippen molar-refractivity contribution in [2.24, 2.45) is 0 Å². The molecule has 0 radical (unpaired) electrons. The summed E-state index contributed by atoms with van der Waals surface area (Å²) in [4.78, 5) is 26.1. The molecule has 1 aliphatic rings. The van der Waals surface area contributed by atoms with Crippen molar-refractivity contribution in [3.05, 3.63) is 100 Å². The van der Waals surface area contributed by atoms with Gasteiger partial charge in [-0.3, -0.25) is 4.79 Å². The van der Waals surface area contributed by atoms with Crippen LogP contribution < -0.4 is 66.7 Å². The summed E-state index contributed by atoms with van der Waals surface area (Å²) in [6.45, 7) is 2.84. The molecule has 35 heavy (non-hydrogen) atoms. The number of carbonyl (C=O) groups is 2. The average molecular weight is 507 g/mol. The molecule has 0 bridgehead atoms. The zero-order valence-corrected chi connectivity index (χ0v) is 22.5. The molecule has 1 heterocycles. The van der Waals surface area contributed by atoms with Crippen LogP contribution in [-0.4, -0.2) is 18.4 Å². The van der Waals surface area contributed by atoms with Crippen LogP contribution in [0.5, 0.6) is 0 Å². The number of amides is 1. The Morgan fingerprint density at radius 2 is 1.69 bits per heavy atom. The maximum Gasteiger partial charge on any atom is 1.00 e. The van der Waals surface area contributed by atoms with Crippen molar-refractivity contribution in [3.63, 3.8) is 0 Å². The zero-order chi connectivity index (χ0) is 24.5. The number of alkyl halides is 3. The van der Waals surface area contributed by atoms with Crippen LogP contribution in [0, 0.1) is 0 Å². The van der Waals surface area contributed by atoms with Crippen molar-refractivity contribution in [2.75, 3.05) is 11.4 Å². The SMILES string of the molecule is C[C@H](NC(=O)c1cccc2c1N(Cc1ccc(C(F)(F)F)cc1)CC2)c1ccc(C(=O)[O-])cc1.[K+]. The van der Waals surface area contributed by atoms with Crippen LogP contribution in [0.15, 0.2) is 66.7 Å². The van der Waals surface area contributed by atoms with Crippen molar-refractivity contribution < 1.29 is 79.3 Å². The third-order valence-electron chi connectivity index (χ3n) is 5.98. The largest absolute Gasteiger partial charge is 1.00 e. The van der Waals surface area contributed by atoms with Gasteiger partial charge in [-0.1, -0.05) is 48.5 Å². The Kier molecular flexibility index (Phi) is 8.82. The van der Waals surface area contributed by atoms with Gasteiger partial charge in [0.1, 0.15) is 0 Å². The Bertz CT molecular complexity index is 1210. The second kappa shape index (κ2) is 11.3. The molecule has 0 fully saturated rings. The second-order valence-electron chi connectivity index (χ2n) is 8.28. The van der Waals surface area contributed by atoms with E-state index in [0.29, 0.717) is 18.7 Å². The molecule has 9 heteroatoms. The minimum Gasteiger partial charge on any atom is -0.545 e. The van der Waals surface area contributed by atoms with Gasteiger partial charge in [0.15, 0.2) is 0 Å². The summed E-state index contributed by atoms with van der Waals surface area (Å²) in [7, 11) is 0. The normalized spacial score (nSPS) is 13.5. The molecular formula is C26H22F3KN2O3. The molecule has 1 amide bonds. The maximum atomic E-state index is 13.1. The van der Waals surface area contributed by atoms with E-state index in [2.05, 4.69) is 5.32 Å². The standard InChI is InChI=1S/C26H23F3N2O3.K/c1-16(18-7-9-20(10-8-18)25(33)34)30-24(32)22-4-2-3-19-13-14-31(23(19)22)15-17-5-11-21(12-6-17)26(27,28)29;/h2-12,16H,13-15H2,1H3,(H,30,32)(H,33,34);/q;+1/p-1/t16-;/m0./s1. The predicted octanol–water partition coefficient (Wildman–Crippen LogP) is 1.13. The molecule has 0 aliphatic carbocycles. The molecule has 176 valence electrons. The van der Waals surface area contributed by atoms with Gasteiger partial charge in [-0.25, -0.2) is 0 Å². The van der Waals surface area contributed by atoms with Crippen LogP contribution >= 0.6 is 0 Å². The Hall–Kier alpha value is -2.17. The summed E-state index contributed by atoms with van der Waals surface area (Å²) in [5, 5.41) is 13.9.